The number of thioether (sulfide) groups is 1. The van der Waals surface area contributed by atoms with Crippen LogP contribution in [0, 0.1) is 5.92 Å². The van der Waals surface area contributed by atoms with Gasteiger partial charge in [-0.3, -0.25) is 14.4 Å². The van der Waals surface area contributed by atoms with E-state index in [2.05, 4.69) is 56.0 Å². The average Bonchev–Trinajstić information content (AvgIpc) is 3.10. The topological polar surface area (TPSA) is 76.1 Å². The van der Waals surface area contributed by atoms with Gasteiger partial charge in [-0.05, 0) is 76.1 Å². The van der Waals surface area contributed by atoms with Crippen molar-refractivity contribution in [3.05, 3.63) is 47.5 Å². The Labute approximate surface area is 317 Å². The van der Waals surface area contributed by atoms with Gasteiger partial charge in [-0.25, -0.2) is 0 Å². The first kappa shape index (κ1) is 46.7. The zero-order valence-corrected chi connectivity index (χ0v) is 34.1. The van der Waals surface area contributed by atoms with Crippen LogP contribution in [0.5, 0.6) is 0 Å². The first-order chi connectivity index (χ1) is 24.7. The zero-order chi connectivity index (χ0) is 37.4. The van der Waals surface area contributed by atoms with Crippen LogP contribution in [0.4, 0.5) is 4.79 Å². The standard InChI is InChI=1S/C43H74N2O5S/c1-6-8-10-12-13-17-21-33-49-42(47)29-23-26-39-25-22-27-40(36-39)37-45(43(48)51-35-32-44(4)5)31-20-16-14-15-19-28-41(46)50-34-30-38(3)24-18-11-9-7-2/h17,21-22,25,27,36,38H,6-16,18-20,23-24,26,28-35,37H2,1-5H3/b21-17-. The molecule has 0 spiro atoms. The van der Waals surface area contributed by atoms with Crippen LogP contribution >= 0.6 is 11.8 Å². The smallest absolute Gasteiger partial charge is 0.306 e. The molecular formula is C43H74N2O5S. The van der Waals surface area contributed by atoms with Crippen LogP contribution in [0.15, 0.2) is 36.4 Å². The molecule has 1 aromatic carbocycles. The number of aryl methyl sites for hydroxylation is 1. The third-order valence-electron chi connectivity index (χ3n) is 9.20. The molecule has 0 heterocycles. The fourth-order valence-corrected chi connectivity index (χ4v) is 6.85. The largest absolute Gasteiger partial charge is 0.466 e. The Bertz CT molecular complexity index is 1060. The predicted octanol–water partition coefficient (Wildman–Crippen LogP) is 11.2. The summed E-state index contributed by atoms with van der Waals surface area (Å²) in [4.78, 5) is 41.7. The van der Waals surface area contributed by atoms with Crippen molar-refractivity contribution in [1.82, 2.24) is 9.80 Å². The average molecular weight is 731 g/mol. The number of unbranched alkanes of at least 4 members (excludes halogenated alkanes) is 11. The van der Waals surface area contributed by atoms with Gasteiger partial charge in [0.15, 0.2) is 0 Å². The van der Waals surface area contributed by atoms with Crippen molar-refractivity contribution in [3.63, 3.8) is 0 Å². The van der Waals surface area contributed by atoms with Gasteiger partial charge < -0.3 is 19.3 Å². The van der Waals surface area contributed by atoms with Gasteiger partial charge in [-0.2, -0.15) is 0 Å². The minimum atomic E-state index is -0.151. The SMILES string of the molecule is CCCCCC/C=C\COC(=O)CCCc1cccc(CN(CCCCCCCC(=O)OCCC(C)CCCCCC)C(=O)SCCN(C)C)c1. The highest BCUT2D eigenvalue weighted by Gasteiger charge is 2.15. The molecule has 51 heavy (non-hydrogen) atoms. The molecule has 7 nitrogen and oxygen atoms in total. The van der Waals surface area contributed by atoms with E-state index in [9.17, 15) is 14.4 Å². The minimum absolute atomic E-state index is 0.0712. The molecule has 0 N–H and O–H groups in total. The maximum absolute atomic E-state index is 13.3. The zero-order valence-electron chi connectivity index (χ0n) is 33.3. The summed E-state index contributed by atoms with van der Waals surface area (Å²) in [6.07, 6.45) is 24.7. The molecule has 1 unspecified atom stereocenters. The highest BCUT2D eigenvalue weighted by molar-refractivity contribution is 8.13. The maximum Gasteiger partial charge on any atom is 0.306 e. The van der Waals surface area contributed by atoms with Crippen LogP contribution in [-0.4, -0.2) is 73.1 Å². The second-order valence-corrected chi connectivity index (χ2v) is 15.5. The number of allylic oxidation sites excluding steroid dienone is 1. The number of ether oxygens (including phenoxy) is 2. The van der Waals surface area contributed by atoms with Crippen LogP contribution in [-0.2, 0) is 32.0 Å². The summed E-state index contributed by atoms with van der Waals surface area (Å²) in [7, 11) is 4.05. The molecule has 0 aliphatic rings. The molecule has 0 aliphatic carbocycles. The Morgan fingerprint density at radius 3 is 2.18 bits per heavy atom. The van der Waals surface area contributed by atoms with Crippen LogP contribution in [0.3, 0.4) is 0 Å². The Kier molecular flexibility index (Phi) is 29.6. The summed E-state index contributed by atoms with van der Waals surface area (Å²) >= 11 is 1.39. The van der Waals surface area contributed by atoms with Crippen molar-refractivity contribution in [2.24, 2.45) is 5.92 Å². The predicted molar refractivity (Wildman–Crippen MR) is 216 cm³/mol. The summed E-state index contributed by atoms with van der Waals surface area (Å²) < 4.78 is 10.9. The first-order valence-corrected chi connectivity index (χ1v) is 21.3. The van der Waals surface area contributed by atoms with E-state index in [1.807, 2.05) is 25.1 Å². The Morgan fingerprint density at radius 1 is 0.745 bits per heavy atom. The minimum Gasteiger partial charge on any atom is -0.466 e. The van der Waals surface area contributed by atoms with Gasteiger partial charge in [0, 0.05) is 38.2 Å². The highest BCUT2D eigenvalue weighted by Crippen LogP contribution is 2.18. The van der Waals surface area contributed by atoms with Gasteiger partial charge >= 0.3 is 11.9 Å². The molecule has 0 radical (unpaired) electrons. The van der Waals surface area contributed by atoms with E-state index in [4.69, 9.17) is 9.47 Å². The van der Waals surface area contributed by atoms with Crippen molar-refractivity contribution < 1.29 is 23.9 Å². The van der Waals surface area contributed by atoms with Gasteiger partial charge in [-0.1, -0.05) is 140 Å². The third-order valence-corrected chi connectivity index (χ3v) is 10.1. The van der Waals surface area contributed by atoms with Crippen molar-refractivity contribution in [2.75, 3.05) is 46.2 Å². The summed E-state index contributed by atoms with van der Waals surface area (Å²) in [6.45, 7) is 9.76. The quantitative estimate of drug-likeness (QED) is 0.0415. The van der Waals surface area contributed by atoms with Crippen LogP contribution < -0.4 is 0 Å². The maximum atomic E-state index is 13.3. The lowest BCUT2D eigenvalue weighted by molar-refractivity contribution is -0.144. The molecule has 1 rings (SSSR count). The van der Waals surface area contributed by atoms with Crippen molar-refractivity contribution in [2.45, 2.75) is 156 Å². The molecule has 0 aromatic heterocycles. The fourth-order valence-electron chi connectivity index (χ4n) is 5.88. The number of carbonyl (C=O) groups excluding carboxylic acids is 3. The molecule has 1 aromatic rings. The van der Waals surface area contributed by atoms with E-state index in [1.165, 1.54) is 75.1 Å². The van der Waals surface area contributed by atoms with E-state index in [0.29, 0.717) is 38.5 Å². The second kappa shape index (κ2) is 32.3. The number of rotatable bonds is 32. The molecule has 0 fully saturated rings. The summed E-state index contributed by atoms with van der Waals surface area (Å²) in [6, 6.07) is 8.41. The molecule has 0 saturated carbocycles. The molecule has 1 amide bonds. The normalized spacial score (nSPS) is 12.0. The van der Waals surface area contributed by atoms with Crippen molar-refractivity contribution in [3.8, 4) is 0 Å². The van der Waals surface area contributed by atoms with E-state index in [1.54, 1.807) is 0 Å². The van der Waals surface area contributed by atoms with E-state index in [-0.39, 0.29) is 17.2 Å². The first-order valence-electron chi connectivity index (χ1n) is 20.4. The van der Waals surface area contributed by atoms with Gasteiger partial charge in [0.2, 0.25) is 0 Å². The lowest BCUT2D eigenvalue weighted by atomic mass is 10.00. The van der Waals surface area contributed by atoms with Crippen LogP contribution in [0.2, 0.25) is 0 Å². The summed E-state index contributed by atoms with van der Waals surface area (Å²) in [5, 5.41) is 0.123. The number of amides is 1. The third kappa shape index (κ3) is 27.9. The molecule has 1 atom stereocenters. The monoisotopic (exact) mass is 731 g/mol. The number of carbonyl (C=O) groups is 3. The molecule has 0 bridgehead atoms. The van der Waals surface area contributed by atoms with Crippen molar-refractivity contribution in [1.29, 1.82) is 0 Å². The number of hydrogen-bond acceptors (Lipinski definition) is 7. The molecule has 0 aliphatic heterocycles. The highest BCUT2D eigenvalue weighted by atomic mass is 32.2. The number of nitrogens with zero attached hydrogens (tertiary/aromatic N) is 2. The lowest BCUT2D eigenvalue weighted by Gasteiger charge is -2.23. The number of benzene rings is 1. The van der Waals surface area contributed by atoms with Gasteiger partial charge in [-0.15, -0.1) is 0 Å². The summed E-state index contributed by atoms with van der Waals surface area (Å²) in [5.74, 6) is 1.15. The molecular weight excluding hydrogens is 657 g/mol. The Hall–Kier alpha value is -2.32. The van der Waals surface area contributed by atoms with Gasteiger partial charge in [0.25, 0.3) is 5.24 Å². The van der Waals surface area contributed by atoms with Crippen LogP contribution in [0.1, 0.15) is 154 Å². The second-order valence-electron chi connectivity index (χ2n) is 14.5. The van der Waals surface area contributed by atoms with Crippen molar-refractivity contribution >= 4 is 28.9 Å². The Morgan fingerprint density at radius 2 is 1.41 bits per heavy atom. The van der Waals surface area contributed by atoms with E-state index >= 15 is 0 Å². The lowest BCUT2D eigenvalue weighted by Crippen LogP contribution is -2.29. The number of hydrogen-bond donors (Lipinski definition) is 0. The van der Waals surface area contributed by atoms with Gasteiger partial charge in [0.1, 0.15) is 6.61 Å². The fraction of sp³-hybridized carbons (Fsp3) is 0.744. The van der Waals surface area contributed by atoms with E-state index in [0.717, 1.165) is 82.2 Å². The molecule has 292 valence electrons. The van der Waals surface area contributed by atoms with Crippen LogP contribution in [0.25, 0.3) is 0 Å². The molecule has 8 heteroatoms. The number of esters is 2. The van der Waals surface area contributed by atoms with Gasteiger partial charge in [0.05, 0.1) is 6.61 Å². The Balaban J connectivity index is 2.41. The summed E-state index contributed by atoms with van der Waals surface area (Å²) in [5.41, 5.74) is 2.29. The van der Waals surface area contributed by atoms with E-state index < -0.39 is 0 Å². The molecule has 0 saturated heterocycles.